The monoisotopic (exact) mass is 353 g/mol. The second-order valence-corrected chi connectivity index (χ2v) is 7.19. The Bertz CT molecular complexity index is 665. The van der Waals surface area contributed by atoms with E-state index in [0.29, 0.717) is 5.92 Å². The largest absolute Gasteiger partial charge is 0.497 e. The molecule has 1 aliphatic heterocycles. The first-order valence-corrected chi connectivity index (χ1v) is 9.89. The van der Waals surface area contributed by atoms with Crippen LogP contribution in [0.5, 0.6) is 11.5 Å². The van der Waals surface area contributed by atoms with Crippen molar-refractivity contribution in [2.24, 2.45) is 5.92 Å². The summed E-state index contributed by atoms with van der Waals surface area (Å²) in [7, 11) is 1.72. The predicted molar refractivity (Wildman–Crippen MR) is 107 cm³/mol. The third kappa shape index (κ3) is 5.77. The molecule has 2 aromatic carbocycles. The van der Waals surface area contributed by atoms with Crippen LogP contribution >= 0.6 is 0 Å². The second kappa shape index (κ2) is 10.2. The van der Waals surface area contributed by atoms with Crippen LogP contribution in [-0.4, -0.2) is 26.8 Å². The Kier molecular flexibility index (Phi) is 7.38. The third-order valence-electron chi connectivity index (χ3n) is 5.14. The summed E-state index contributed by atoms with van der Waals surface area (Å²) in [5, 5.41) is 3.46. The molecule has 2 aromatic rings. The molecule has 0 spiro atoms. The molecule has 0 aromatic heterocycles. The summed E-state index contributed by atoms with van der Waals surface area (Å²) in [6, 6.07) is 16.9. The lowest BCUT2D eigenvalue weighted by molar-refractivity contribution is 0.217. The van der Waals surface area contributed by atoms with Gasteiger partial charge in [-0.3, -0.25) is 0 Å². The van der Waals surface area contributed by atoms with Gasteiger partial charge in [-0.15, -0.1) is 0 Å². The van der Waals surface area contributed by atoms with Crippen LogP contribution in [0.2, 0.25) is 0 Å². The molecule has 1 atom stereocenters. The van der Waals surface area contributed by atoms with Crippen LogP contribution in [0.3, 0.4) is 0 Å². The molecule has 1 heterocycles. The first-order valence-electron chi connectivity index (χ1n) is 9.89. The van der Waals surface area contributed by atoms with Crippen LogP contribution < -0.4 is 14.8 Å². The molecule has 0 unspecified atom stereocenters. The van der Waals surface area contributed by atoms with Crippen LogP contribution in [0.4, 0.5) is 0 Å². The van der Waals surface area contributed by atoms with E-state index in [0.717, 1.165) is 44.0 Å². The highest BCUT2D eigenvalue weighted by molar-refractivity contribution is 5.33. The third-order valence-corrected chi connectivity index (χ3v) is 5.14. The van der Waals surface area contributed by atoms with E-state index in [4.69, 9.17) is 9.47 Å². The fraction of sp³-hybridized carbons (Fsp3) is 0.478. The SMILES string of the molecule is COc1cccc(CCCCc2ccccc2OC[C@@H]2CCCNC2)c1. The molecule has 140 valence electrons. The van der Waals surface area contributed by atoms with Crippen LogP contribution in [0.25, 0.3) is 0 Å². The van der Waals surface area contributed by atoms with E-state index in [2.05, 4.69) is 47.8 Å². The maximum absolute atomic E-state index is 6.17. The second-order valence-electron chi connectivity index (χ2n) is 7.19. The van der Waals surface area contributed by atoms with Crippen LogP contribution in [0.15, 0.2) is 48.5 Å². The van der Waals surface area contributed by atoms with Gasteiger partial charge >= 0.3 is 0 Å². The summed E-state index contributed by atoms with van der Waals surface area (Å²) in [5.74, 6) is 2.66. The fourth-order valence-electron chi connectivity index (χ4n) is 3.60. The van der Waals surface area contributed by atoms with E-state index < -0.39 is 0 Å². The minimum Gasteiger partial charge on any atom is -0.497 e. The Balaban J connectivity index is 1.45. The van der Waals surface area contributed by atoms with E-state index in [-0.39, 0.29) is 0 Å². The van der Waals surface area contributed by atoms with Crippen molar-refractivity contribution in [2.75, 3.05) is 26.8 Å². The van der Waals surface area contributed by atoms with Crippen molar-refractivity contribution in [3.8, 4) is 11.5 Å². The Labute approximate surface area is 157 Å². The number of para-hydroxylation sites is 1. The first kappa shape index (κ1) is 18.8. The Morgan fingerprint density at radius 2 is 1.92 bits per heavy atom. The van der Waals surface area contributed by atoms with Gasteiger partial charge in [0.15, 0.2) is 0 Å². The highest BCUT2D eigenvalue weighted by Gasteiger charge is 2.14. The highest BCUT2D eigenvalue weighted by atomic mass is 16.5. The van der Waals surface area contributed by atoms with Gasteiger partial charge in [0.25, 0.3) is 0 Å². The predicted octanol–water partition coefficient (Wildman–Crippen LogP) is 4.64. The number of piperidine rings is 1. The Morgan fingerprint density at radius 1 is 1.04 bits per heavy atom. The van der Waals surface area contributed by atoms with Crippen molar-refractivity contribution in [2.45, 2.75) is 38.5 Å². The van der Waals surface area contributed by atoms with E-state index in [1.165, 1.54) is 36.8 Å². The molecule has 0 amide bonds. The summed E-state index contributed by atoms with van der Waals surface area (Å²) < 4.78 is 11.5. The number of aryl methyl sites for hydroxylation is 2. The molecule has 3 rings (SSSR count). The van der Waals surface area contributed by atoms with Gasteiger partial charge in [-0.05, 0) is 74.4 Å². The average Bonchev–Trinajstić information content (AvgIpc) is 2.71. The summed E-state index contributed by atoms with van der Waals surface area (Å²) in [6.45, 7) is 3.07. The standard InChI is InChI=1S/C23H31NO2/c1-25-22-13-6-9-19(16-22)8-2-3-11-21-12-4-5-14-23(21)26-18-20-10-7-15-24-17-20/h4-6,9,12-14,16,20,24H,2-3,7-8,10-11,15,17-18H2,1H3/t20-/m1/s1. The van der Waals surface area contributed by atoms with E-state index >= 15 is 0 Å². The van der Waals surface area contributed by atoms with Crippen LogP contribution in [-0.2, 0) is 12.8 Å². The molecule has 0 aliphatic carbocycles. The normalized spacial score (nSPS) is 17.0. The lowest BCUT2D eigenvalue weighted by Crippen LogP contribution is -2.33. The zero-order valence-electron chi connectivity index (χ0n) is 15.9. The number of rotatable bonds is 9. The lowest BCUT2D eigenvalue weighted by Gasteiger charge is -2.23. The minimum atomic E-state index is 0.643. The summed E-state index contributed by atoms with van der Waals surface area (Å²) in [5.41, 5.74) is 2.68. The molecule has 0 radical (unpaired) electrons. The van der Waals surface area contributed by atoms with Gasteiger partial charge in [0.05, 0.1) is 13.7 Å². The number of nitrogens with one attached hydrogen (secondary N) is 1. The maximum atomic E-state index is 6.17. The summed E-state index contributed by atoms with van der Waals surface area (Å²) in [4.78, 5) is 0. The zero-order chi connectivity index (χ0) is 18.0. The first-order chi connectivity index (χ1) is 12.8. The lowest BCUT2D eigenvalue weighted by atomic mass is 10.0. The smallest absolute Gasteiger partial charge is 0.122 e. The van der Waals surface area contributed by atoms with Crippen molar-refractivity contribution < 1.29 is 9.47 Å². The van der Waals surface area contributed by atoms with Crippen LogP contribution in [0, 0.1) is 5.92 Å². The number of benzene rings is 2. The molecule has 1 saturated heterocycles. The number of unbranched alkanes of at least 4 members (excludes halogenated alkanes) is 1. The quantitative estimate of drug-likeness (QED) is 0.666. The molecule has 3 nitrogen and oxygen atoms in total. The molecule has 1 aliphatic rings. The molecule has 26 heavy (non-hydrogen) atoms. The minimum absolute atomic E-state index is 0.643. The highest BCUT2D eigenvalue weighted by Crippen LogP contribution is 2.23. The van der Waals surface area contributed by atoms with Gasteiger partial charge in [0.2, 0.25) is 0 Å². The van der Waals surface area contributed by atoms with Gasteiger partial charge in [-0.2, -0.15) is 0 Å². The Morgan fingerprint density at radius 3 is 2.77 bits per heavy atom. The van der Waals surface area contributed by atoms with Gasteiger partial charge in [0.1, 0.15) is 11.5 Å². The molecule has 0 saturated carbocycles. The van der Waals surface area contributed by atoms with Crippen molar-refractivity contribution in [3.63, 3.8) is 0 Å². The molecule has 1 N–H and O–H groups in total. The number of ether oxygens (including phenoxy) is 2. The molecule has 1 fully saturated rings. The number of hydrogen-bond acceptors (Lipinski definition) is 3. The van der Waals surface area contributed by atoms with E-state index in [9.17, 15) is 0 Å². The van der Waals surface area contributed by atoms with E-state index in [1.54, 1.807) is 7.11 Å². The topological polar surface area (TPSA) is 30.5 Å². The fourth-order valence-corrected chi connectivity index (χ4v) is 3.60. The molecular weight excluding hydrogens is 322 g/mol. The van der Waals surface area contributed by atoms with Crippen LogP contribution in [0.1, 0.15) is 36.8 Å². The Hall–Kier alpha value is -2.00. The summed E-state index contributed by atoms with van der Waals surface area (Å²) in [6.07, 6.45) is 7.04. The van der Waals surface area contributed by atoms with Crippen molar-refractivity contribution in [1.29, 1.82) is 0 Å². The van der Waals surface area contributed by atoms with Crippen molar-refractivity contribution in [1.82, 2.24) is 5.32 Å². The summed E-state index contributed by atoms with van der Waals surface area (Å²) >= 11 is 0. The van der Waals surface area contributed by atoms with E-state index in [1.807, 2.05) is 6.07 Å². The zero-order valence-corrected chi connectivity index (χ0v) is 15.9. The number of methoxy groups -OCH3 is 1. The van der Waals surface area contributed by atoms with Gasteiger partial charge in [-0.25, -0.2) is 0 Å². The van der Waals surface area contributed by atoms with Gasteiger partial charge in [-0.1, -0.05) is 30.3 Å². The molecular formula is C23H31NO2. The molecule has 3 heteroatoms. The maximum Gasteiger partial charge on any atom is 0.122 e. The number of hydrogen-bond donors (Lipinski definition) is 1. The van der Waals surface area contributed by atoms with Crippen molar-refractivity contribution in [3.05, 3.63) is 59.7 Å². The molecule has 0 bridgehead atoms. The van der Waals surface area contributed by atoms with Gasteiger partial charge < -0.3 is 14.8 Å². The average molecular weight is 354 g/mol. The van der Waals surface area contributed by atoms with Crippen molar-refractivity contribution >= 4 is 0 Å². The van der Waals surface area contributed by atoms with Gasteiger partial charge in [0, 0.05) is 12.5 Å².